The quantitative estimate of drug-likeness (QED) is 0.907. The molecule has 2 rings (SSSR count). The van der Waals surface area contributed by atoms with Gasteiger partial charge < -0.3 is 10.2 Å². The first kappa shape index (κ1) is 13.6. The summed E-state index contributed by atoms with van der Waals surface area (Å²) >= 11 is 5.83. The van der Waals surface area contributed by atoms with Crippen LogP contribution in [0.5, 0.6) is 0 Å². The Morgan fingerprint density at radius 1 is 1.50 bits per heavy atom. The third-order valence-electron chi connectivity index (χ3n) is 3.64. The number of benzene rings is 1. The molecule has 18 heavy (non-hydrogen) atoms. The molecule has 1 aromatic rings. The lowest BCUT2D eigenvalue weighted by Crippen LogP contribution is -2.48. The SMILES string of the molecule is CCNC1CCN(c2cccc(Cl)c2F)CC1C. The first-order valence-corrected chi connectivity index (χ1v) is 6.93. The van der Waals surface area contributed by atoms with Gasteiger partial charge in [-0.3, -0.25) is 0 Å². The molecule has 1 N–H and O–H groups in total. The van der Waals surface area contributed by atoms with E-state index in [0.29, 0.717) is 17.6 Å². The van der Waals surface area contributed by atoms with Crippen LogP contribution in [-0.4, -0.2) is 25.7 Å². The van der Waals surface area contributed by atoms with Gasteiger partial charge in [0.05, 0.1) is 10.7 Å². The molecule has 0 saturated carbocycles. The summed E-state index contributed by atoms with van der Waals surface area (Å²) in [4.78, 5) is 2.10. The van der Waals surface area contributed by atoms with Crippen LogP contribution in [-0.2, 0) is 0 Å². The Morgan fingerprint density at radius 2 is 2.28 bits per heavy atom. The maximum absolute atomic E-state index is 14.0. The van der Waals surface area contributed by atoms with Crippen molar-refractivity contribution >= 4 is 17.3 Å². The highest BCUT2D eigenvalue weighted by atomic mass is 35.5. The summed E-state index contributed by atoms with van der Waals surface area (Å²) in [5.41, 5.74) is 0.629. The van der Waals surface area contributed by atoms with Crippen LogP contribution in [0.2, 0.25) is 5.02 Å². The Balaban J connectivity index is 2.10. The Kier molecular flexibility index (Phi) is 4.46. The molecule has 1 aliphatic rings. The Labute approximate surface area is 113 Å². The second-order valence-corrected chi connectivity index (χ2v) is 5.36. The van der Waals surface area contributed by atoms with E-state index in [-0.39, 0.29) is 10.8 Å². The van der Waals surface area contributed by atoms with Gasteiger partial charge in [-0.05, 0) is 31.0 Å². The predicted octanol–water partition coefficient (Wildman–Crippen LogP) is 3.30. The number of nitrogens with one attached hydrogen (secondary N) is 1. The third-order valence-corrected chi connectivity index (χ3v) is 3.94. The average Bonchev–Trinajstić information content (AvgIpc) is 2.35. The van der Waals surface area contributed by atoms with Gasteiger partial charge in [0, 0.05) is 19.1 Å². The van der Waals surface area contributed by atoms with Gasteiger partial charge in [-0.25, -0.2) is 4.39 Å². The van der Waals surface area contributed by atoms with Crippen LogP contribution in [0, 0.1) is 11.7 Å². The molecule has 4 heteroatoms. The molecule has 0 radical (unpaired) electrons. The number of halogens is 2. The van der Waals surface area contributed by atoms with Gasteiger partial charge in [0.1, 0.15) is 0 Å². The zero-order chi connectivity index (χ0) is 13.1. The van der Waals surface area contributed by atoms with Gasteiger partial charge in [-0.1, -0.05) is 31.5 Å². The predicted molar refractivity (Wildman–Crippen MR) is 74.9 cm³/mol. The fourth-order valence-electron chi connectivity index (χ4n) is 2.67. The zero-order valence-electron chi connectivity index (χ0n) is 10.9. The van der Waals surface area contributed by atoms with Crippen molar-refractivity contribution < 1.29 is 4.39 Å². The number of piperidine rings is 1. The van der Waals surface area contributed by atoms with E-state index in [0.717, 1.165) is 26.1 Å². The van der Waals surface area contributed by atoms with Crippen LogP contribution in [0.15, 0.2) is 18.2 Å². The normalized spacial score (nSPS) is 24.3. The van der Waals surface area contributed by atoms with E-state index in [1.807, 2.05) is 12.1 Å². The molecular weight excluding hydrogens is 251 g/mol. The van der Waals surface area contributed by atoms with Crippen molar-refractivity contribution in [3.8, 4) is 0 Å². The summed E-state index contributed by atoms with van der Waals surface area (Å²) in [6, 6.07) is 5.74. The molecule has 2 nitrogen and oxygen atoms in total. The van der Waals surface area contributed by atoms with E-state index in [4.69, 9.17) is 11.6 Å². The van der Waals surface area contributed by atoms with E-state index < -0.39 is 0 Å². The minimum atomic E-state index is -0.298. The van der Waals surface area contributed by atoms with E-state index in [1.165, 1.54) is 0 Å². The first-order chi connectivity index (χ1) is 8.63. The van der Waals surface area contributed by atoms with E-state index in [1.54, 1.807) is 6.07 Å². The summed E-state index contributed by atoms with van der Waals surface area (Å²) in [6.07, 6.45) is 1.04. The molecule has 2 atom stereocenters. The summed E-state index contributed by atoms with van der Waals surface area (Å²) in [6.45, 7) is 7.06. The Morgan fingerprint density at radius 3 is 2.94 bits per heavy atom. The number of hydrogen-bond donors (Lipinski definition) is 1. The molecule has 1 heterocycles. The van der Waals surface area contributed by atoms with Crippen LogP contribution in [0.1, 0.15) is 20.3 Å². The molecule has 1 aromatic carbocycles. The van der Waals surface area contributed by atoms with Crippen molar-refractivity contribution in [2.75, 3.05) is 24.5 Å². The molecule has 100 valence electrons. The maximum atomic E-state index is 14.0. The van der Waals surface area contributed by atoms with E-state index >= 15 is 0 Å². The lowest BCUT2D eigenvalue weighted by atomic mass is 9.93. The number of hydrogen-bond acceptors (Lipinski definition) is 2. The van der Waals surface area contributed by atoms with Crippen molar-refractivity contribution in [3.05, 3.63) is 29.0 Å². The van der Waals surface area contributed by atoms with Gasteiger partial charge in [0.15, 0.2) is 5.82 Å². The molecule has 0 aromatic heterocycles. The molecule has 1 saturated heterocycles. The second kappa shape index (κ2) is 5.89. The van der Waals surface area contributed by atoms with Crippen LogP contribution in [0.3, 0.4) is 0 Å². The van der Waals surface area contributed by atoms with Gasteiger partial charge in [-0.15, -0.1) is 0 Å². The van der Waals surface area contributed by atoms with Gasteiger partial charge in [-0.2, -0.15) is 0 Å². The smallest absolute Gasteiger partial charge is 0.165 e. The molecule has 0 bridgehead atoms. The lowest BCUT2D eigenvalue weighted by Gasteiger charge is -2.38. The molecule has 2 unspecified atom stereocenters. The maximum Gasteiger partial charge on any atom is 0.165 e. The summed E-state index contributed by atoms with van der Waals surface area (Å²) in [5, 5.41) is 3.69. The van der Waals surface area contributed by atoms with Crippen molar-refractivity contribution in [1.82, 2.24) is 5.32 Å². The minimum Gasteiger partial charge on any atom is -0.369 e. The molecule has 1 aliphatic heterocycles. The Hall–Kier alpha value is -0.800. The number of nitrogens with zero attached hydrogens (tertiary/aromatic N) is 1. The van der Waals surface area contributed by atoms with Crippen LogP contribution < -0.4 is 10.2 Å². The molecule has 1 fully saturated rings. The third kappa shape index (κ3) is 2.78. The number of anilines is 1. The highest BCUT2D eigenvalue weighted by Crippen LogP contribution is 2.29. The largest absolute Gasteiger partial charge is 0.369 e. The number of rotatable bonds is 3. The van der Waals surface area contributed by atoms with E-state index in [2.05, 4.69) is 24.1 Å². The lowest BCUT2D eigenvalue weighted by molar-refractivity contribution is 0.325. The van der Waals surface area contributed by atoms with E-state index in [9.17, 15) is 4.39 Å². The standard InChI is InChI=1S/C14H20ClFN2/c1-3-17-12-7-8-18(9-10(12)2)13-6-4-5-11(15)14(13)16/h4-6,10,12,17H,3,7-9H2,1-2H3. The van der Waals surface area contributed by atoms with Gasteiger partial charge in [0.2, 0.25) is 0 Å². The van der Waals surface area contributed by atoms with Crippen LogP contribution in [0.4, 0.5) is 10.1 Å². The fraction of sp³-hybridized carbons (Fsp3) is 0.571. The van der Waals surface area contributed by atoms with Crippen LogP contribution >= 0.6 is 11.6 Å². The van der Waals surface area contributed by atoms with Crippen molar-refractivity contribution in [2.24, 2.45) is 5.92 Å². The molecule has 0 spiro atoms. The molecule has 0 aliphatic carbocycles. The molecule has 0 amide bonds. The minimum absolute atomic E-state index is 0.203. The highest BCUT2D eigenvalue weighted by molar-refractivity contribution is 6.31. The van der Waals surface area contributed by atoms with Crippen LogP contribution in [0.25, 0.3) is 0 Å². The summed E-state index contributed by atoms with van der Waals surface area (Å²) in [5.74, 6) is 0.213. The van der Waals surface area contributed by atoms with Gasteiger partial charge >= 0.3 is 0 Å². The fourth-order valence-corrected chi connectivity index (χ4v) is 2.84. The average molecular weight is 271 g/mol. The monoisotopic (exact) mass is 270 g/mol. The highest BCUT2D eigenvalue weighted by Gasteiger charge is 2.26. The van der Waals surface area contributed by atoms with Crippen molar-refractivity contribution in [1.29, 1.82) is 0 Å². The van der Waals surface area contributed by atoms with Gasteiger partial charge in [0.25, 0.3) is 0 Å². The second-order valence-electron chi connectivity index (χ2n) is 4.95. The topological polar surface area (TPSA) is 15.3 Å². The summed E-state index contributed by atoms with van der Waals surface area (Å²) < 4.78 is 14.0. The van der Waals surface area contributed by atoms with Crippen molar-refractivity contribution in [3.63, 3.8) is 0 Å². The first-order valence-electron chi connectivity index (χ1n) is 6.55. The molecular formula is C14H20ClFN2. The summed E-state index contributed by atoms with van der Waals surface area (Å²) in [7, 11) is 0. The Bertz CT molecular complexity index is 411. The van der Waals surface area contributed by atoms with Crippen molar-refractivity contribution in [2.45, 2.75) is 26.3 Å². The zero-order valence-corrected chi connectivity index (χ0v) is 11.7.